The topological polar surface area (TPSA) is 39.7 Å². The van der Waals surface area contributed by atoms with E-state index in [0.717, 1.165) is 25.5 Å². The van der Waals surface area contributed by atoms with Crippen LogP contribution >= 0.6 is 47.1 Å². The maximum Gasteiger partial charge on any atom is 0.191 e. The Morgan fingerprint density at radius 2 is 2.00 bits per heavy atom. The Balaban J connectivity index is 0.00000225. The second-order valence-corrected chi connectivity index (χ2v) is 8.97. The highest BCUT2D eigenvalue weighted by Gasteiger charge is 2.39. The molecule has 0 unspecified atom stereocenters. The van der Waals surface area contributed by atoms with Crippen LogP contribution in [0.1, 0.15) is 30.6 Å². The molecular formula is C18H31IN4S2. The Labute approximate surface area is 177 Å². The van der Waals surface area contributed by atoms with Gasteiger partial charge in [0.05, 0.1) is 0 Å². The zero-order chi connectivity index (χ0) is 16.7. The van der Waals surface area contributed by atoms with Gasteiger partial charge < -0.3 is 10.6 Å². The number of hydrogen-bond donors (Lipinski definition) is 2. The van der Waals surface area contributed by atoms with Gasteiger partial charge in [0.2, 0.25) is 0 Å². The van der Waals surface area contributed by atoms with E-state index >= 15 is 0 Å². The second kappa shape index (κ2) is 11.0. The number of halogens is 1. The van der Waals surface area contributed by atoms with E-state index in [4.69, 9.17) is 0 Å². The highest BCUT2D eigenvalue weighted by atomic mass is 127. The molecule has 25 heavy (non-hydrogen) atoms. The van der Waals surface area contributed by atoms with Gasteiger partial charge in [0.15, 0.2) is 5.96 Å². The van der Waals surface area contributed by atoms with Crippen LogP contribution in [0.5, 0.6) is 0 Å². The third-order valence-electron chi connectivity index (χ3n) is 5.27. The second-order valence-electron chi connectivity index (χ2n) is 6.71. The van der Waals surface area contributed by atoms with Gasteiger partial charge in [0.1, 0.15) is 0 Å². The number of thioether (sulfide) groups is 1. The van der Waals surface area contributed by atoms with Gasteiger partial charge in [-0.05, 0) is 30.7 Å². The molecule has 142 valence electrons. The Morgan fingerprint density at radius 3 is 2.64 bits per heavy atom. The molecule has 0 bridgehead atoms. The lowest BCUT2D eigenvalue weighted by Gasteiger charge is -2.43. The van der Waals surface area contributed by atoms with Crippen molar-refractivity contribution in [2.75, 3.05) is 44.7 Å². The Morgan fingerprint density at radius 1 is 1.24 bits per heavy atom. The highest BCUT2D eigenvalue weighted by molar-refractivity contribution is 14.0. The smallest absolute Gasteiger partial charge is 0.191 e. The summed E-state index contributed by atoms with van der Waals surface area (Å²) in [5.41, 5.74) is 0.354. The number of aliphatic imine (C=N–C) groups is 1. The molecule has 1 aromatic rings. The number of hydrogen-bond acceptors (Lipinski definition) is 4. The number of nitrogens with zero attached hydrogens (tertiary/aromatic N) is 2. The molecule has 1 saturated heterocycles. The predicted octanol–water partition coefficient (Wildman–Crippen LogP) is 3.44. The van der Waals surface area contributed by atoms with E-state index in [2.05, 4.69) is 49.8 Å². The largest absolute Gasteiger partial charge is 0.356 e. The van der Waals surface area contributed by atoms with E-state index in [0.29, 0.717) is 5.54 Å². The lowest BCUT2D eigenvalue weighted by atomic mass is 9.94. The Hall–Kier alpha value is 0.01000. The Kier molecular flexibility index (Phi) is 9.37. The van der Waals surface area contributed by atoms with Crippen molar-refractivity contribution in [1.29, 1.82) is 0 Å². The van der Waals surface area contributed by atoms with E-state index < -0.39 is 0 Å². The quantitative estimate of drug-likeness (QED) is 0.361. The molecule has 0 amide bonds. The lowest BCUT2D eigenvalue weighted by molar-refractivity contribution is 0.107. The molecule has 2 heterocycles. The number of thiophene rings is 1. The van der Waals surface area contributed by atoms with Crippen LogP contribution in [-0.4, -0.2) is 61.1 Å². The predicted molar refractivity (Wildman–Crippen MR) is 123 cm³/mol. The summed E-state index contributed by atoms with van der Waals surface area (Å²) in [5, 5.41) is 9.24. The molecule has 1 aliphatic carbocycles. The third-order valence-corrected chi connectivity index (χ3v) is 7.15. The normalized spacial score (nSPS) is 20.9. The van der Waals surface area contributed by atoms with E-state index in [-0.39, 0.29) is 24.0 Å². The fourth-order valence-corrected chi connectivity index (χ4v) is 5.52. The molecular weight excluding hydrogens is 463 g/mol. The first kappa shape index (κ1) is 21.3. The van der Waals surface area contributed by atoms with Crippen LogP contribution in [0.4, 0.5) is 0 Å². The summed E-state index contributed by atoms with van der Waals surface area (Å²) in [6.45, 7) is 4.46. The first-order valence-corrected chi connectivity index (χ1v) is 11.2. The van der Waals surface area contributed by atoms with Gasteiger partial charge in [0.25, 0.3) is 0 Å². The summed E-state index contributed by atoms with van der Waals surface area (Å²) in [5.74, 6) is 3.52. The van der Waals surface area contributed by atoms with Crippen LogP contribution in [0.25, 0.3) is 0 Å². The van der Waals surface area contributed by atoms with Gasteiger partial charge in [-0.2, -0.15) is 11.8 Å². The Bertz CT molecular complexity index is 509. The van der Waals surface area contributed by atoms with Crippen molar-refractivity contribution in [3.63, 3.8) is 0 Å². The molecule has 1 saturated carbocycles. The van der Waals surface area contributed by atoms with Crippen molar-refractivity contribution in [3.8, 4) is 0 Å². The molecule has 7 heteroatoms. The van der Waals surface area contributed by atoms with E-state index in [1.165, 1.54) is 55.2 Å². The summed E-state index contributed by atoms with van der Waals surface area (Å²) in [4.78, 5) is 8.60. The van der Waals surface area contributed by atoms with Crippen LogP contribution in [0.15, 0.2) is 22.5 Å². The minimum Gasteiger partial charge on any atom is -0.356 e. The highest BCUT2D eigenvalue weighted by Crippen LogP contribution is 2.36. The van der Waals surface area contributed by atoms with Crippen molar-refractivity contribution in [2.24, 2.45) is 4.99 Å². The minimum atomic E-state index is 0. The zero-order valence-corrected chi connectivity index (χ0v) is 19.1. The molecule has 1 aliphatic heterocycles. The number of guanidine groups is 1. The molecule has 0 atom stereocenters. The van der Waals surface area contributed by atoms with Crippen LogP contribution in [0.2, 0.25) is 0 Å². The van der Waals surface area contributed by atoms with Gasteiger partial charge in [-0.3, -0.25) is 9.89 Å². The lowest BCUT2D eigenvalue weighted by Crippen LogP contribution is -2.57. The van der Waals surface area contributed by atoms with Crippen LogP contribution in [0, 0.1) is 0 Å². The number of rotatable bonds is 6. The monoisotopic (exact) mass is 494 g/mol. The van der Waals surface area contributed by atoms with Crippen LogP contribution < -0.4 is 10.6 Å². The molecule has 1 aromatic heterocycles. The average Bonchev–Trinajstić information content (AvgIpc) is 3.31. The van der Waals surface area contributed by atoms with Gasteiger partial charge in [0, 0.05) is 55.1 Å². The first-order chi connectivity index (χ1) is 11.8. The van der Waals surface area contributed by atoms with Crippen molar-refractivity contribution >= 4 is 53.0 Å². The number of nitrogens with one attached hydrogen (secondary N) is 2. The SMILES string of the molecule is CN=C(NCCc1cccs1)NCC1(N2CCSCC2)CCCC1.I. The van der Waals surface area contributed by atoms with Gasteiger partial charge in [-0.25, -0.2) is 0 Å². The van der Waals surface area contributed by atoms with Gasteiger partial charge in [-0.15, -0.1) is 35.3 Å². The van der Waals surface area contributed by atoms with Crippen molar-refractivity contribution in [2.45, 2.75) is 37.6 Å². The minimum absolute atomic E-state index is 0. The molecule has 3 rings (SSSR count). The average molecular weight is 495 g/mol. The van der Waals surface area contributed by atoms with E-state index in [9.17, 15) is 0 Å². The van der Waals surface area contributed by atoms with Crippen LogP contribution in [0.3, 0.4) is 0 Å². The standard InChI is InChI=1S/C18H30N4S2.HI/c1-19-17(20-9-6-16-5-4-12-24-16)21-15-18(7-2-3-8-18)22-10-13-23-14-11-22;/h4-5,12H,2-3,6-11,13-15H2,1H3,(H2,19,20,21);1H. The maximum atomic E-state index is 4.42. The van der Waals surface area contributed by atoms with Crippen LogP contribution in [-0.2, 0) is 6.42 Å². The molecule has 2 fully saturated rings. The van der Waals surface area contributed by atoms with Crippen molar-refractivity contribution < 1.29 is 0 Å². The van der Waals surface area contributed by atoms with E-state index in [1.807, 2.05) is 18.4 Å². The zero-order valence-electron chi connectivity index (χ0n) is 15.1. The molecule has 0 radical (unpaired) electrons. The summed E-state index contributed by atoms with van der Waals surface area (Å²) >= 11 is 3.92. The molecule has 2 aliphatic rings. The summed E-state index contributed by atoms with van der Waals surface area (Å²) in [6.07, 6.45) is 6.46. The van der Waals surface area contributed by atoms with E-state index in [1.54, 1.807) is 0 Å². The maximum absolute atomic E-state index is 4.42. The molecule has 0 spiro atoms. The third kappa shape index (κ3) is 6.01. The summed E-state index contributed by atoms with van der Waals surface area (Å²) < 4.78 is 0. The van der Waals surface area contributed by atoms with Crippen molar-refractivity contribution in [3.05, 3.63) is 22.4 Å². The van der Waals surface area contributed by atoms with Crippen molar-refractivity contribution in [1.82, 2.24) is 15.5 Å². The van der Waals surface area contributed by atoms with Gasteiger partial charge >= 0.3 is 0 Å². The fraction of sp³-hybridized carbons (Fsp3) is 0.722. The fourth-order valence-electron chi connectivity index (χ4n) is 3.90. The summed E-state index contributed by atoms with van der Waals surface area (Å²) in [7, 11) is 1.87. The first-order valence-electron chi connectivity index (χ1n) is 9.12. The van der Waals surface area contributed by atoms with Gasteiger partial charge in [-0.1, -0.05) is 18.9 Å². The summed E-state index contributed by atoms with van der Waals surface area (Å²) in [6, 6.07) is 4.32. The molecule has 4 nitrogen and oxygen atoms in total. The molecule has 2 N–H and O–H groups in total. The molecule has 0 aromatic carbocycles.